The lowest BCUT2D eigenvalue weighted by Crippen LogP contribution is -2.44. The topological polar surface area (TPSA) is 55.7 Å². The lowest BCUT2D eigenvalue weighted by molar-refractivity contribution is -0.222. The minimum Gasteiger partial charge on any atom is -0.387 e. The molecule has 0 radical (unpaired) electrons. The number of nitrogens with zero attached hydrogens (tertiary/aromatic N) is 1. The molecule has 0 amide bonds. The van der Waals surface area contributed by atoms with E-state index < -0.39 is 17.2 Å². The first-order valence-electron chi connectivity index (χ1n) is 12.4. The molecule has 3 aromatic carbocycles. The fraction of sp³-hybridized carbons (Fsp3) is 0.400. The molecule has 4 nitrogen and oxygen atoms in total. The number of aliphatic hydroxyl groups excluding tert-OH is 1. The predicted octanol–water partition coefficient (Wildman–Crippen LogP) is 6.10. The Morgan fingerprint density at radius 2 is 1.38 bits per heavy atom. The monoisotopic (exact) mass is 458 g/mol. The number of hydrogen-bond acceptors (Lipinski definition) is 4. The molecule has 0 aromatic heterocycles. The molecule has 1 aliphatic heterocycles. The van der Waals surface area contributed by atoms with Crippen molar-refractivity contribution in [2.45, 2.75) is 70.2 Å². The Bertz CT molecular complexity index is 1060. The maximum Gasteiger partial charge on any atom is 0.0914 e. The zero-order valence-corrected chi connectivity index (χ0v) is 21.0. The number of aliphatic hydroxyl groups is 1. The summed E-state index contributed by atoms with van der Waals surface area (Å²) in [6.45, 7) is 10.9. The van der Waals surface area contributed by atoms with E-state index in [0.717, 1.165) is 23.1 Å². The Labute approximate surface area is 204 Å². The minimum atomic E-state index is -0.642. The quantitative estimate of drug-likeness (QED) is 0.382. The Hall–Kier alpha value is -2.50. The molecule has 3 atom stereocenters. The SMILES string of the molecule is CCC1(C)c2cc(C(O)CN[C@H](C)C(c3ccccc3)c3ccccc3)ccc2C(C)(C)N1O. The molecule has 0 saturated carbocycles. The maximum atomic E-state index is 11.1. The van der Waals surface area contributed by atoms with E-state index in [2.05, 4.69) is 86.8 Å². The van der Waals surface area contributed by atoms with Crippen LogP contribution in [0, 0.1) is 0 Å². The highest BCUT2D eigenvalue weighted by Gasteiger charge is 2.50. The van der Waals surface area contributed by atoms with Crippen LogP contribution >= 0.6 is 0 Å². The molecule has 2 unspecified atom stereocenters. The molecule has 3 aromatic rings. The van der Waals surface area contributed by atoms with Gasteiger partial charge in [0.2, 0.25) is 0 Å². The van der Waals surface area contributed by atoms with E-state index in [0.29, 0.717) is 6.54 Å². The van der Waals surface area contributed by atoms with E-state index in [1.54, 1.807) is 0 Å². The van der Waals surface area contributed by atoms with Crippen molar-refractivity contribution in [2.24, 2.45) is 0 Å². The Morgan fingerprint density at radius 1 is 0.824 bits per heavy atom. The number of hydrogen-bond donors (Lipinski definition) is 3. The summed E-state index contributed by atoms with van der Waals surface area (Å²) in [5.41, 5.74) is 4.66. The van der Waals surface area contributed by atoms with Crippen LogP contribution in [0.1, 0.15) is 80.9 Å². The third-order valence-corrected chi connectivity index (χ3v) is 7.80. The highest BCUT2D eigenvalue weighted by molar-refractivity contribution is 5.46. The first-order chi connectivity index (χ1) is 16.2. The van der Waals surface area contributed by atoms with Crippen LogP contribution in [0.5, 0.6) is 0 Å². The van der Waals surface area contributed by atoms with Crippen LogP contribution in [0.4, 0.5) is 0 Å². The number of rotatable bonds is 8. The lowest BCUT2D eigenvalue weighted by Gasteiger charge is -2.37. The molecule has 0 bridgehead atoms. The molecular formula is C30H38N2O2. The van der Waals surface area contributed by atoms with Crippen LogP contribution < -0.4 is 5.32 Å². The van der Waals surface area contributed by atoms with Crippen molar-refractivity contribution < 1.29 is 10.3 Å². The third kappa shape index (κ3) is 4.32. The summed E-state index contributed by atoms with van der Waals surface area (Å²) in [7, 11) is 0. The van der Waals surface area contributed by atoms with Gasteiger partial charge in [0.15, 0.2) is 0 Å². The van der Waals surface area contributed by atoms with Crippen LogP contribution in [-0.4, -0.2) is 28.0 Å². The normalized spacial score (nSPS) is 21.4. The average molecular weight is 459 g/mol. The van der Waals surface area contributed by atoms with Gasteiger partial charge in [-0.2, -0.15) is 5.06 Å². The van der Waals surface area contributed by atoms with Crippen molar-refractivity contribution in [2.75, 3.05) is 6.54 Å². The van der Waals surface area contributed by atoms with Crippen molar-refractivity contribution in [3.05, 3.63) is 107 Å². The second-order valence-corrected chi connectivity index (χ2v) is 10.3. The molecule has 3 N–H and O–H groups in total. The van der Waals surface area contributed by atoms with Crippen LogP contribution in [0.2, 0.25) is 0 Å². The average Bonchev–Trinajstić information content (AvgIpc) is 3.01. The van der Waals surface area contributed by atoms with E-state index in [9.17, 15) is 10.3 Å². The number of benzene rings is 3. The molecule has 1 aliphatic rings. The molecule has 0 fully saturated rings. The molecule has 180 valence electrons. The van der Waals surface area contributed by atoms with Crippen LogP contribution in [0.15, 0.2) is 78.9 Å². The highest BCUT2D eigenvalue weighted by atomic mass is 16.5. The standard InChI is InChI=1S/C30H38N2O2/c1-6-30(5)26-19-24(17-18-25(26)29(3,4)32(30)34)27(33)20-31-21(2)28(22-13-9-7-10-14-22)23-15-11-8-12-16-23/h7-19,21,27-28,31,33-34H,6,20H2,1-5H3/t21-,27?,30?/m1/s1. The van der Waals surface area contributed by atoms with Crippen molar-refractivity contribution >= 4 is 0 Å². The second-order valence-electron chi connectivity index (χ2n) is 10.3. The highest BCUT2D eigenvalue weighted by Crippen LogP contribution is 2.50. The molecule has 34 heavy (non-hydrogen) atoms. The van der Waals surface area contributed by atoms with E-state index in [-0.39, 0.29) is 12.0 Å². The first kappa shape index (κ1) is 24.6. The minimum absolute atomic E-state index is 0.127. The van der Waals surface area contributed by atoms with Gasteiger partial charge in [-0.3, -0.25) is 0 Å². The van der Waals surface area contributed by atoms with Gasteiger partial charge in [-0.15, -0.1) is 0 Å². The van der Waals surface area contributed by atoms with Gasteiger partial charge in [0, 0.05) is 18.5 Å². The number of fused-ring (bicyclic) bond motifs is 1. The predicted molar refractivity (Wildman–Crippen MR) is 138 cm³/mol. The van der Waals surface area contributed by atoms with Gasteiger partial charge in [-0.1, -0.05) is 85.8 Å². The summed E-state index contributed by atoms with van der Waals surface area (Å²) in [5, 5.41) is 27.1. The molecule has 0 spiro atoms. The molecule has 4 rings (SSSR count). The van der Waals surface area contributed by atoms with Gasteiger partial charge >= 0.3 is 0 Å². The van der Waals surface area contributed by atoms with Crippen molar-refractivity contribution in [1.29, 1.82) is 0 Å². The molecule has 1 heterocycles. The zero-order valence-electron chi connectivity index (χ0n) is 21.0. The molecule has 0 saturated heterocycles. The van der Waals surface area contributed by atoms with Gasteiger partial charge < -0.3 is 15.6 Å². The summed E-state index contributed by atoms with van der Waals surface area (Å²) in [6, 6.07) is 27.3. The summed E-state index contributed by atoms with van der Waals surface area (Å²) in [6.07, 6.45) is 0.141. The zero-order chi connectivity index (χ0) is 24.5. The van der Waals surface area contributed by atoms with Gasteiger partial charge in [0.05, 0.1) is 17.2 Å². The van der Waals surface area contributed by atoms with Crippen molar-refractivity contribution in [3.8, 4) is 0 Å². The second kappa shape index (κ2) is 9.63. The van der Waals surface area contributed by atoms with Gasteiger partial charge in [0.1, 0.15) is 0 Å². The van der Waals surface area contributed by atoms with Crippen LogP contribution in [-0.2, 0) is 11.1 Å². The number of hydroxylamine groups is 2. The van der Waals surface area contributed by atoms with E-state index >= 15 is 0 Å². The van der Waals surface area contributed by atoms with Gasteiger partial charge in [-0.05, 0) is 61.9 Å². The van der Waals surface area contributed by atoms with Crippen LogP contribution in [0.25, 0.3) is 0 Å². The van der Waals surface area contributed by atoms with Crippen LogP contribution in [0.3, 0.4) is 0 Å². The van der Waals surface area contributed by atoms with Crippen molar-refractivity contribution in [3.63, 3.8) is 0 Å². The van der Waals surface area contributed by atoms with E-state index in [1.807, 2.05) is 32.0 Å². The van der Waals surface area contributed by atoms with E-state index in [4.69, 9.17) is 0 Å². The Kier molecular flexibility index (Phi) is 6.97. The van der Waals surface area contributed by atoms with Gasteiger partial charge in [-0.25, -0.2) is 0 Å². The largest absolute Gasteiger partial charge is 0.387 e. The summed E-state index contributed by atoms with van der Waals surface area (Å²) < 4.78 is 0. The number of nitrogens with one attached hydrogen (secondary N) is 1. The summed E-state index contributed by atoms with van der Waals surface area (Å²) in [5.74, 6) is 0.182. The molecule has 0 aliphatic carbocycles. The van der Waals surface area contributed by atoms with Gasteiger partial charge in [0.25, 0.3) is 0 Å². The fourth-order valence-corrected chi connectivity index (χ4v) is 5.56. The Morgan fingerprint density at radius 3 is 1.91 bits per heavy atom. The molecule has 4 heteroatoms. The lowest BCUT2D eigenvalue weighted by atomic mass is 9.85. The third-order valence-electron chi connectivity index (χ3n) is 7.80. The first-order valence-corrected chi connectivity index (χ1v) is 12.4. The maximum absolute atomic E-state index is 11.1. The summed E-state index contributed by atoms with van der Waals surface area (Å²) in [4.78, 5) is 0. The summed E-state index contributed by atoms with van der Waals surface area (Å²) >= 11 is 0. The smallest absolute Gasteiger partial charge is 0.0914 e. The fourth-order valence-electron chi connectivity index (χ4n) is 5.56. The van der Waals surface area contributed by atoms with Crippen molar-refractivity contribution in [1.82, 2.24) is 10.4 Å². The molecular weight excluding hydrogens is 420 g/mol. The van der Waals surface area contributed by atoms with E-state index in [1.165, 1.54) is 16.2 Å². The Balaban J connectivity index is 1.54.